The molecule has 0 amide bonds. The molecule has 1 fully saturated rings. The molecule has 0 radical (unpaired) electrons. The first kappa shape index (κ1) is 17.9. The van der Waals surface area contributed by atoms with Gasteiger partial charge in [0, 0.05) is 5.56 Å². The van der Waals surface area contributed by atoms with Gasteiger partial charge in [-0.2, -0.15) is 0 Å². The van der Waals surface area contributed by atoms with Gasteiger partial charge in [-0.1, -0.05) is 18.2 Å². The second-order valence-corrected chi connectivity index (χ2v) is 7.90. The fraction of sp³-hybridized carbons (Fsp3) is 0.348. The van der Waals surface area contributed by atoms with Crippen LogP contribution in [0.1, 0.15) is 54.9 Å². The summed E-state index contributed by atoms with van der Waals surface area (Å²) in [6.07, 6.45) is 8.37. The van der Waals surface area contributed by atoms with Crippen molar-refractivity contribution in [2.75, 3.05) is 6.61 Å². The van der Waals surface area contributed by atoms with Gasteiger partial charge >= 0.3 is 5.97 Å². The van der Waals surface area contributed by atoms with Crippen LogP contribution in [0.2, 0.25) is 0 Å². The molecule has 1 aromatic carbocycles. The number of carbonyl (C=O) groups is 1. The molecule has 3 aliphatic rings. The van der Waals surface area contributed by atoms with Gasteiger partial charge in [-0.25, -0.2) is 4.98 Å². The Labute approximate surface area is 168 Å². The molecule has 2 aliphatic carbocycles. The molecule has 2 heterocycles. The molecule has 2 aromatic rings. The summed E-state index contributed by atoms with van der Waals surface area (Å²) in [7, 11) is 0. The highest BCUT2D eigenvalue weighted by Gasteiger charge is 2.62. The third-order valence-electron chi connectivity index (χ3n) is 6.15. The number of carboxylic acids is 1. The molecule has 148 valence electrons. The zero-order chi connectivity index (χ0) is 20.2. The van der Waals surface area contributed by atoms with Gasteiger partial charge < -0.3 is 9.84 Å². The number of hydrogen-bond donors (Lipinski definition) is 1. The summed E-state index contributed by atoms with van der Waals surface area (Å²) >= 11 is 0. The van der Waals surface area contributed by atoms with E-state index in [1.807, 2.05) is 31.2 Å². The van der Waals surface area contributed by atoms with Crippen LogP contribution in [0.3, 0.4) is 0 Å². The third kappa shape index (κ3) is 2.74. The first-order valence-corrected chi connectivity index (χ1v) is 10.1. The van der Waals surface area contributed by atoms with Crippen molar-refractivity contribution in [3.05, 3.63) is 63.3 Å². The number of nitrogens with zero attached hydrogens (tertiary/aromatic N) is 2. The summed E-state index contributed by atoms with van der Waals surface area (Å²) in [5.41, 5.74) is 2.55. The van der Waals surface area contributed by atoms with Gasteiger partial charge in [0.15, 0.2) is 0 Å². The van der Waals surface area contributed by atoms with Crippen LogP contribution < -0.4 is 10.3 Å². The van der Waals surface area contributed by atoms with E-state index in [0.29, 0.717) is 30.8 Å². The Kier molecular flexibility index (Phi) is 3.98. The minimum atomic E-state index is -0.928. The topological polar surface area (TPSA) is 81.4 Å². The lowest BCUT2D eigenvalue weighted by Gasteiger charge is -2.23. The Morgan fingerprint density at radius 3 is 2.86 bits per heavy atom. The van der Waals surface area contributed by atoms with Crippen LogP contribution in [0.5, 0.6) is 5.75 Å². The maximum Gasteiger partial charge on any atom is 0.315 e. The van der Waals surface area contributed by atoms with Crippen LogP contribution in [-0.4, -0.2) is 27.2 Å². The summed E-state index contributed by atoms with van der Waals surface area (Å²) in [4.78, 5) is 29.7. The molecule has 6 heteroatoms. The first-order valence-electron chi connectivity index (χ1n) is 10.1. The van der Waals surface area contributed by atoms with E-state index >= 15 is 0 Å². The number of allylic oxidation sites excluding steroid dienone is 1. The van der Waals surface area contributed by atoms with E-state index < -0.39 is 11.4 Å². The van der Waals surface area contributed by atoms with Crippen LogP contribution in [0.25, 0.3) is 17.7 Å². The molecular formula is C23H22N2O4. The molecule has 1 aliphatic heterocycles. The number of benzene rings is 1. The Morgan fingerprint density at radius 2 is 2.14 bits per heavy atom. The molecule has 1 N–H and O–H groups in total. The molecular weight excluding hydrogens is 368 g/mol. The van der Waals surface area contributed by atoms with Crippen molar-refractivity contribution in [2.45, 2.75) is 38.6 Å². The zero-order valence-corrected chi connectivity index (χ0v) is 16.2. The van der Waals surface area contributed by atoms with Crippen LogP contribution in [0.15, 0.2) is 35.1 Å². The Balaban J connectivity index is 1.56. The lowest BCUT2D eigenvalue weighted by atomic mass is 9.90. The van der Waals surface area contributed by atoms with Gasteiger partial charge in [-0.15, -0.1) is 0 Å². The van der Waals surface area contributed by atoms with E-state index in [1.54, 1.807) is 16.7 Å². The predicted molar refractivity (Wildman–Crippen MR) is 110 cm³/mol. The second-order valence-electron chi connectivity index (χ2n) is 7.90. The van der Waals surface area contributed by atoms with E-state index in [2.05, 4.69) is 6.08 Å². The van der Waals surface area contributed by atoms with Gasteiger partial charge in [-0.3, -0.25) is 14.2 Å². The highest BCUT2D eigenvalue weighted by molar-refractivity contribution is 5.85. The van der Waals surface area contributed by atoms with Crippen LogP contribution in [-0.2, 0) is 11.2 Å². The number of hydrogen-bond acceptors (Lipinski definition) is 4. The largest absolute Gasteiger partial charge is 0.494 e. The molecule has 1 saturated carbocycles. The highest BCUT2D eigenvalue weighted by atomic mass is 16.5. The minimum Gasteiger partial charge on any atom is -0.494 e. The molecule has 2 atom stereocenters. The van der Waals surface area contributed by atoms with E-state index in [-0.39, 0.29) is 11.6 Å². The molecule has 2 unspecified atom stereocenters. The number of carboxylic acid groups (broad SMARTS) is 1. The Morgan fingerprint density at radius 1 is 1.34 bits per heavy atom. The summed E-state index contributed by atoms with van der Waals surface area (Å²) in [5.74, 6) is 0.526. The van der Waals surface area contributed by atoms with Crippen molar-refractivity contribution < 1.29 is 14.6 Å². The fourth-order valence-electron chi connectivity index (χ4n) is 4.53. The molecule has 0 saturated heterocycles. The number of ether oxygens (including phenoxy) is 1. The van der Waals surface area contributed by atoms with Crippen LogP contribution in [0, 0.1) is 5.41 Å². The van der Waals surface area contributed by atoms with Crippen molar-refractivity contribution in [1.82, 2.24) is 9.55 Å². The highest BCUT2D eigenvalue weighted by Crippen LogP contribution is 2.59. The van der Waals surface area contributed by atoms with Gasteiger partial charge in [0.1, 0.15) is 17.0 Å². The lowest BCUT2D eigenvalue weighted by molar-refractivity contribution is -0.141. The van der Waals surface area contributed by atoms with Crippen molar-refractivity contribution in [2.24, 2.45) is 5.41 Å². The average molecular weight is 390 g/mol. The third-order valence-corrected chi connectivity index (χ3v) is 6.15. The standard InChI is InChI=1S/C23H22N2O4/c1-2-29-16-8-6-14(7-9-16)12-15-4-3-5-17-20(15)24-19-10-11-23(22(27)28)13-18(23)25(19)21(17)26/h6-12,18H,2-5,13H2,1H3,(H,27,28)/b15-12-. The summed E-state index contributed by atoms with van der Waals surface area (Å²) < 4.78 is 7.10. The number of rotatable bonds is 4. The number of aliphatic carboxylic acids is 1. The van der Waals surface area contributed by atoms with E-state index in [1.165, 1.54) is 0 Å². The predicted octanol–water partition coefficient (Wildman–Crippen LogP) is 3.56. The SMILES string of the molecule is CCOc1ccc(/C=C2/CCCc3c2nc2n(c3=O)C3CC3(C(=O)O)C=C2)cc1. The molecule has 0 bridgehead atoms. The summed E-state index contributed by atoms with van der Waals surface area (Å²) in [5, 5.41) is 9.55. The maximum absolute atomic E-state index is 13.2. The molecule has 1 aromatic heterocycles. The molecule has 0 spiro atoms. The maximum atomic E-state index is 13.2. The monoisotopic (exact) mass is 390 g/mol. The van der Waals surface area contributed by atoms with Gasteiger partial charge in [0.05, 0.1) is 18.3 Å². The van der Waals surface area contributed by atoms with E-state index in [0.717, 1.165) is 35.4 Å². The van der Waals surface area contributed by atoms with Crippen molar-refractivity contribution in [3.8, 4) is 5.75 Å². The van der Waals surface area contributed by atoms with Gasteiger partial charge in [-0.05, 0) is 68.0 Å². The van der Waals surface area contributed by atoms with E-state index in [4.69, 9.17) is 9.72 Å². The summed E-state index contributed by atoms with van der Waals surface area (Å²) in [6.45, 7) is 2.58. The smallest absolute Gasteiger partial charge is 0.315 e. The van der Waals surface area contributed by atoms with Gasteiger partial charge in [0.2, 0.25) is 0 Å². The quantitative estimate of drug-likeness (QED) is 0.863. The number of aromatic nitrogens is 2. The molecule has 5 rings (SSSR count). The van der Waals surface area contributed by atoms with Gasteiger partial charge in [0.25, 0.3) is 5.56 Å². The number of fused-ring (bicyclic) bond motifs is 4. The average Bonchev–Trinajstić information content (AvgIpc) is 3.47. The Hall–Kier alpha value is -3.15. The van der Waals surface area contributed by atoms with E-state index in [9.17, 15) is 14.7 Å². The van der Waals surface area contributed by atoms with Crippen molar-refractivity contribution in [3.63, 3.8) is 0 Å². The minimum absolute atomic E-state index is 0.0835. The second kappa shape index (κ2) is 6.44. The fourth-order valence-corrected chi connectivity index (χ4v) is 4.53. The van der Waals surface area contributed by atoms with Crippen molar-refractivity contribution in [1.29, 1.82) is 0 Å². The normalized spacial score (nSPS) is 25.1. The lowest BCUT2D eigenvalue weighted by Crippen LogP contribution is -2.33. The molecule has 29 heavy (non-hydrogen) atoms. The first-order chi connectivity index (χ1) is 14.0. The molecule has 6 nitrogen and oxygen atoms in total. The summed E-state index contributed by atoms with van der Waals surface area (Å²) in [6, 6.07) is 7.57. The zero-order valence-electron chi connectivity index (χ0n) is 16.2. The van der Waals surface area contributed by atoms with Crippen molar-refractivity contribution >= 4 is 23.7 Å². The Bertz CT molecular complexity index is 1130. The van der Waals surface area contributed by atoms with Crippen LogP contribution >= 0.6 is 0 Å². The van der Waals surface area contributed by atoms with Crippen LogP contribution in [0.4, 0.5) is 0 Å².